The summed E-state index contributed by atoms with van der Waals surface area (Å²) in [5.74, 6) is 0. The Balaban J connectivity index is 1.81. The molecule has 0 saturated carbocycles. The number of hydrogen-bond acceptors (Lipinski definition) is 0. The molecule has 0 saturated heterocycles. The zero-order valence-electron chi connectivity index (χ0n) is 23.5. The summed E-state index contributed by atoms with van der Waals surface area (Å²) in [6.07, 6.45) is 9.40. The van der Waals surface area contributed by atoms with E-state index in [9.17, 15) is 0 Å². The molecule has 2 aliphatic rings. The quantitative estimate of drug-likeness (QED) is 0.287. The summed E-state index contributed by atoms with van der Waals surface area (Å²) in [4.78, 5) is 0. The molecule has 0 spiro atoms. The molecule has 0 aromatic heterocycles. The number of benzene rings is 3. The Bertz CT molecular complexity index is 1370. The van der Waals surface area contributed by atoms with Gasteiger partial charge in [-0.3, -0.25) is 0 Å². The van der Waals surface area contributed by atoms with Crippen LogP contribution in [-0.2, 0) is 32.1 Å². The standard InChI is InChI=1S/C23H29.C7H5Cl.C5H5.Zr/c1-14-9-16-11-17-10-15(2)21(23(6,7)8)13-19(17)18(16)12-20(14)22(3,4)5;1-6-2-4-7(8)5-3-6;1-2-4-5-3-1;/h9-13H,1-8H3;1-5H;1-5H;. The van der Waals surface area contributed by atoms with Crippen molar-refractivity contribution in [1.29, 1.82) is 0 Å². The molecule has 0 nitrogen and oxygen atoms in total. The van der Waals surface area contributed by atoms with Crippen molar-refractivity contribution in [1.82, 2.24) is 0 Å². The molecule has 5 rings (SSSR count). The van der Waals surface area contributed by atoms with Gasteiger partial charge in [-0.15, -0.1) is 0 Å². The van der Waals surface area contributed by atoms with Crippen LogP contribution >= 0.6 is 11.6 Å². The van der Waals surface area contributed by atoms with Crippen LogP contribution in [0.3, 0.4) is 0 Å². The molecule has 0 heterocycles. The zero-order chi connectivity index (χ0) is 26.7. The normalized spacial score (nSPS) is 16.0. The van der Waals surface area contributed by atoms with Gasteiger partial charge in [0.2, 0.25) is 0 Å². The van der Waals surface area contributed by atoms with Gasteiger partial charge in [-0.05, 0) is 0 Å². The van der Waals surface area contributed by atoms with Crippen LogP contribution in [0.15, 0.2) is 72.8 Å². The van der Waals surface area contributed by atoms with Gasteiger partial charge < -0.3 is 0 Å². The first-order chi connectivity index (χ1) is 17.3. The van der Waals surface area contributed by atoms with Crippen molar-refractivity contribution < 1.29 is 21.3 Å². The number of aryl methyl sites for hydroxylation is 2. The molecular weight excluding hydrogens is 547 g/mol. The Morgan fingerprint density at radius 3 is 1.59 bits per heavy atom. The molecule has 0 amide bonds. The van der Waals surface area contributed by atoms with Crippen molar-refractivity contribution in [3.8, 4) is 11.1 Å². The molecule has 2 heteroatoms. The number of allylic oxidation sites excluding steroid dienone is 4. The van der Waals surface area contributed by atoms with Gasteiger partial charge in [-0.25, -0.2) is 0 Å². The van der Waals surface area contributed by atoms with E-state index in [4.69, 9.17) is 11.6 Å². The summed E-state index contributed by atoms with van der Waals surface area (Å²) >= 11 is 3.93. The molecule has 3 aromatic rings. The van der Waals surface area contributed by atoms with Crippen molar-refractivity contribution in [2.45, 2.75) is 73.5 Å². The number of hydrogen-bond donors (Lipinski definition) is 0. The molecule has 37 heavy (non-hydrogen) atoms. The molecule has 0 N–H and O–H groups in total. The van der Waals surface area contributed by atoms with Crippen LogP contribution in [0.2, 0.25) is 8.65 Å². The summed E-state index contributed by atoms with van der Waals surface area (Å²) in [6, 6.07) is 18.6. The van der Waals surface area contributed by atoms with E-state index in [0.29, 0.717) is 7.25 Å². The van der Waals surface area contributed by atoms with Crippen molar-refractivity contribution >= 4 is 15.3 Å². The van der Waals surface area contributed by atoms with E-state index in [0.717, 1.165) is 5.02 Å². The summed E-state index contributed by atoms with van der Waals surface area (Å²) < 4.78 is 3.71. The summed E-state index contributed by atoms with van der Waals surface area (Å²) in [5.41, 5.74) is 13.3. The van der Waals surface area contributed by atoms with E-state index in [1.807, 2.05) is 12.1 Å². The van der Waals surface area contributed by atoms with E-state index in [-0.39, 0.29) is 10.8 Å². The topological polar surface area (TPSA) is 0 Å². The predicted molar refractivity (Wildman–Crippen MR) is 159 cm³/mol. The molecule has 0 fully saturated rings. The first kappa shape index (κ1) is 26.8. The van der Waals surface area contributed by atoms with Crippen LogP contribution in [0.4, 0.5) is 0 Å². The van der Waals surface area contributed by atoms with Crippen LogP contribution < -0.4 is 0 Å². The Morgan fingerprint density at radius 2 is 1.16 bits per heavy atom. The monoisotopic (exact) mass is 584 g/mol. The average Bonchev–Trinajstić information content (AvgIpc) is 3.43. The van der Waals surface area contributed by atoms with Gasteiger partial charge >= 0.3 is 238 Å². The third-order valence-electron chi connectivity index (χ3n) is 7.99. The molecule has 0 aliphatic heterocycles. The third-order valence-corrected chi connectivity index (χ3v) is 15.9. The van der Waals surface area contributed by atoms with Crippen molar-refractivity contribution in [2.24, 2.45) is 0 Å². The molecule has 0 bridgehead atoms. The third kappa shape index (κ3) is 5.12. The van der Waals surface area contributed by atoms with Crippen LogP contribution in [0.5, 0.6) is 0 Å². The molecule has 0 atom stereocenters. The Hall–Kier alpha value is -1.82. The summed E-state index contributed by atoms with van der Waals surface area (Å²) in [5, 5.41) is 0.801. The second kappa shape index (κ2) is 9.73. The minimum absolute atomic E-state index is 0.114. The SMILES string of the molecule is Cc1cc2c(cc1C(C)(C)C)-c1cc(C(C)(C)C)c(C)cc1[CH]2[Zr](=[CH]c1ccc(Cl)cc1)[CH]1C=CC=C1. The fraction of sp³-hybridized carbons (Fsp3) is 0.343. The fourth-order valence-electron chi connectivity index (χ4n) is 6.32. The van der Waals surface area contributed by atoms with E-state index < -0.39 is 21.3 Å². The fourth-order valence-corrected chi connectivity index (χ4v) is 14.3. The van der Waals surface area contributed by atoms with Crippen molar-refractivity contribution in [2.75, 3.05) is 0 Å². The Labute approximate surface area is 236 Å². The summed E-state index contributed by atoms with van der Waals surface area (Å²) in [7, 11) is 0. The van der Waals surface area contributed by atoms with Gasteiger partial charge in [0, 0.05) is 0 Å². The van der Waals surface area contributed by atoms with E-state index in [1.165, 1.54) is 38.9 Å². The van der Waals surface area contributed by atoms with Crippen molar-refractivity contribution in [3.05, 3.63) is 117 Å². The number of rotatable bonds is 3. The first-order valence-corrected chi connectivity index (χ1v) is 18.1. The maximum absolute atomic E-state index is 6.25. The van der Waals surface area contributed by atoms with E-state index in [1.54, 1.807) is 11.1 Å². The second-order valence-corrected chi connectivity index (χ2v) is 19.6. The molecule has 3 aromatic carbocycles. The second-order valence-electron chi connectivity index (χ2n) is 12.9. The Kier molecular flexibility index (Phi) is 7.04. The van der Waals surface area contributed by atoms with Crippen LogP contribution in [0.1, 0.15) is 84.1 Å². The first-order valence-electron chi connectivity index (χ1n) is 13.5. The Morgan fingerprint density at radius 1 is 0.703 bits per heavy atom. The zero-order valence-corrected chi connectivity index (χ0v) is 26.8. The maximum atomic E-state index is 6.25. The van der Waals surface area contributed by atoms with Gasteiger partial charge in [0.25, 0.3) is 0 Å². The predicted octanol–water partition coefficient (Wildman–Crippen LogP) is 10.0. The van der Waals surface area contributed by atoms with E-state index in [2.05, 4.69) is 120 Å². The molecule has 190 valence electrons. The molecule has 0 unspecified atom stereocenters. The minimum atomic E-state index is -2.33. The average molecular weight is 586 g/mol. The number of fused-ring (bicyclic) bond motifs is 3. The van der Waals surface area contributed by atoms with Gasteiger partial charge in [0.1, 0.15) is 0 Å². The molecular formula is C35H39ClZr. The van der Waals surface area contributed by atoms with E-state index >= 15 is 0 Å². The van der Waals surface area contributed by atoms with Gasteiger partial charge in [0.15, 0.2) is 0 Å². The van der Waals surface area contributed by atoms with Crippen LogP contribution in [0, 0.1) is 13.8 Å². The molecule has 0 radical (unpaired) electrons. The van der Waals surface area contributed by atoms with Crippen molar-refractivity contribution in [3.63, 3.8) is 0 Å². The summed E-state index contributed by atoms with van der Waals surface area (Å²) in [6.45, 7) is 18.7. The van der Waals surface area contributed by atoms with Crippen LogP contribution in [-0.4, -0.2) is 3.71 Å². The molecule has 2 aliphatic carbocycles. The van der Waals surface area contributed by atoms with Gasteiger partial charge in [-0.2, -0.15) is 0 Å². The van der Waals surface area contributed by atoms with Gasteiger partial charge in [0.05, 0.1) is 0 Å². The van der Waals surface area contributed by atoms with Gasteiger partial charge in [-0.1, -0.05) is 0 Å². The number of halogens is 1. The van der Waals surface area contributed by atoms with Crippen LogP contribution in [0.25, 0.3) is 11.1 Å².